The minimum atomic E-state index is -0.535. The molecule has 0 aliphatic heterocycles. The van der Waals surface area contributed by atoms with Crippen molar-refractivity contribution in [3.63, 3.8) is 0 Å². The number of hydrogen-bond acceptors (Lipinski definition) is 0. The first-order valence-electron chi connectivity index (χ1n) is 21.4. The molecule has 2 heterocycles. The minimum absolute atomic E-state index is 0.0638. The van der Waals surface area contributed by atoms with Crippen molar-refractivity contribution in [2.75, 3.05) is 0 Å². The van der Waals surface area contributed by atoms with Gasteiger partial charge in [0.25, 0.3) is 0 Å². The smallest absolute Gasteiger partial charge is 0.0629 e. The van der Waals surface area contributed by atoms with Gasteiger partial charge in [0, 0.05) is 32.9 Å². The van der Waals surface area contributed by atoms with E-state index in [9.17, 15) is 0 Å². The normalized spacial score (nSPS) is 14.4. The summed E-state index contributed by atoms with van der Waals surface area (Å²) in [6, 6.07) is 39.0. The van der Waals surface area contributed by atoms with Crippen molar-refractivity contribution < 1.29 is 13.7 Å². The van der Waals surface area contributed by atoms with Crippen molar-refractivity contribution in [3.8, 4) is 44.8 Å². The van der Waals surface area contributed by atoms with E-state index in [0.29, 0.717) is 11.1 Å². The van der Waals surface area contributed by atoms with Crippen molar-refractivity contribution in [2.24, 2.45) is 0 Å². The summed E-state index contributed by atoms with van der Waals surface area (Å²) in [5, 5.41) is 4.08. The lowest BCUT2D eigenvalue weighted by Crippen LogP contribution is -1.96. The predicted molar refractivity (Wildman–Crippen MR) is 211 cm³/mol. The maximum Gasteiger partial charge on any atom is 0.0629 e. The molecule has 0 bridgehead atoms. The Bertz CT molecular complexity index is 3300. The molecular formula is C48H32N2. The van der Waals surface area contributed by atoms with Crippen LogP contribution < -0.4 is 0 Å². The number of fused-ring (bicyclic) bond motifs is 6. The molecule has 2 aromatic heterocycles. The maximum absolute atomic E-state index is 8.98. The second kappa shape index (κ2) is 11.5. The van der Waals surface area contributed by atoms with Gasteiger partial charge in [-0.1, -0.05) is 145 Å². The SMILES string of the molecule is [2H]c1c([2H])c([2H])c(-c2cccc(-c3c([2H])c([2H])c([2H])c([2H])c3[2H])c2-c2ccc3c4ccccc4n(-c4ccc5c(c4)c4ccccc4n5-c4ccccc4)c3c2)c([2H])c1[2H]. The average Bonchev–Trinajstić information content (AvgIpc) is 3.79. The number of benzene rings is 8. The van der Waals surface area contributed by atoms with E-state index in [0.717, 1.165) is 55.0 Å². The molecule has 0 N–H and O–H groups in total. The Morgan fingerprint density at radius 3 is 1.54 bits per heavy atom. The standard InChI is InChI=1S/C48H32N2/c1-4-15-33(16-5-1)38-23-14-24-39(34-17-6-2-7-18-34)48(38)35-27-29-42-40-21-10-12-25-44(40)50(47(42)31-35)37-28-30-46-43(32-37)41-22-11-13-26-45(41)49(46)36-19-8-3-9-20-36/h1-32H/i1D,2D,4D,5D,6D,7D,15D,16D,17D,18D. The molecule has 50 heavy (non-hydrogen) atoms. The fourth-order valence-electron chi connectivity index (χ4n) is 7.41. The summed E-state index contributed by atoms with van der Waals surface area (Å²) in [7, 11) is 0. The third-order valence-electron chi connectivity index (χ3n) is 9.49. The van der Waals surface area contributed by atoms with Gasteiger partial charge in [0.15, 0.2) is 0 Å². The van der Waals surface area contributed by atoms with Crippen LogP contribution in [0.1, 0.15) is 13.7 Å². The van der Waals surface area contributed by atoms with Crippen molar-refractivity contribution in [3.05, 3.63) is 194 Å². The van der Waals surface area contributed by atoms with Crippen LogP contribution in [0.3, 0.4) is 0 Å². The Labute approximate surface area is 304 Å². The molecule has 0 saturated carbocycles. The van der Waals surface area contributed by atoms with E-state index < -0.39 is 60.4 Å². The second-order valence-electron chi connectivity index (χ2n) is 12.2. The highest BCUT2D eigenvalue weighted by atomic mass is 15.0. The van der Waals surface area contributed by atoms with Gasteiger partial charge in [-0.2, -0.15) is 0 Å². The van der Waals surface area contributed by atoms with E-state index >= 15 is 0 Å². The molecule has 0 fully saturated rings. The fraction of sp³-hybridized carbons (Fsp3) is 0. The Kier molecular flexibility index (Phi) is 4.60. The third kappa shape index (κ3) is 4.43. The quantitative estimate of drug-likeness (QED) is 0.176. The van der Waals surface area contributed by atoms with E-state index in [-0.39, 0.29) is 22.3 Å². The van der Waals surface area contributed by atoms with Crippen molar-refractivity contribution in [1.29, 1.82) is 0 Å². The van der Waals surface area contributed by atoms with E-state index in [1.165, 1.54) is 0 Å². The Balaban J connectivity index is 1.30. The summed E-state index contributed by atoms with van der Waals surface area (Å²) in [5.74, 6) is 0. The first kappa shape index (κ1) is 20.0. The molecule has 0 atom stereocenters. The molecule has 8 aromatic carbocycles. The highest BCUT2D eigenvalue weighted by Gasteiger charge is 2.19. The molecule has 0 amide bonds. The zero-order chi connectivity index (χ0) is 41.7. The zero-order valence-electron chi connectivity index (χ0n) is 36.6. The molecule has 0 radical (unpaired) electrons. The monoisotopic (exact) mass is 646 g/mol. The summed E-state index contributed by atoms with van der Waals surface area (Å²) in [6.07, 6.45) is 0. The summed E-state index contributed by atoms with van der Waals surface area (Å²) in [5.41, 5.74) is 7.11. The molecule has 2 heteroatoms. The Morgan fingerprint density at radius 2 is 0.880 bits per heavy atom. The predicted octanol–water partition coefficient (Wildman–Crippen LogP) is 12.9. The fourth-order valence-corrected chi connectivity index (χ4v) is 7.41. The van der Waals surface area contributed by atoms with E-state index in [1.807, 2.05) is 60.7 Å². The van der Waals surface area contributed by atoms with Crippen LogP contribution in [0.25, 0.3) is 88.4 Å². The summed E-state index contributed by atoms with van der Waals surface area (Å²) < 4.78 is 91.1. The molecule has 0 unspecified atom stereocenters. The van der Waals surface area contributed by atoms with Crippen LogP contribution in [0.15, 0.2) is 194 Å². The van der Waals surface area contributed by atoms with Crippen LogP contribution in [-0.4, -0.2) is 9.13 Å². The number of para-hydroxylation sites is 3. The van der Waals surface area contributed by atoms with E-state index in [1.54, 1.807) is 18.2 Å². The van der Waals surface area contributed by atoms with Gasteiger partial charge in [0.05, 0.1) is 35.8 Å². The zero-order valence-corrected chi connectivity index (χ0v) is 26.6. The first-order chi connectivity index (χ1) is 29.0. The van der Waals surface area contributed by atoms with E-state index in [4.69, 9.17) is 13.7 Å². The molecule has 2 nitrogen and oxygen atoms in total. The van der Waals surface area contributed by atoms with Crippen LogP contribution in [0.4, 0.5) is 0 Å². The van der Waals surface area contributed by atoms with Gasteiger partial charge in [0.1, 0.15) is 0 Å². The van der Waals surface area contributed by atoms with Gasteiger partial charge in [0.2, 0.25) is 0 Å². The topological polar surface area (TPSA) is 9.86 Å². The Hall–Kier alpha value is -6.64. The van der Waals surface area contributed by atoms with Crippen molar-refractivity contribution in [2.45, 2.75) is 0 Å². The van der Waals surface area contributed by atoms with Crippen LogP contribution >= 0.6 is 0 Å². The van der Waals surface area contributed by atoms with Crippen LogP contribution in [0, 0.1) is 0 Å². The number of rotatable bonds is 5. The van der Waals surface area contributed by atoms with Gasteiger partial charge >= 0.3 is 0 Å². The lowest BCUT2D eigenvalue weighted by atomic mass is 9.87. The number of hydrogen-bond donors (Lipinski definition) is 0. The lowest BCUT2D eigenvalue weighted by molar-refractivity contribution is 1.17. The van der Waals surface area contributed by atoms with Gasteiger partial charge in [-0.05, 0) is 81.9 Å². The molecular weight excluding hydrogens is 605 g/mol. The molecule has 0 aliphatic rings. The van der Waals surface area contributed by atoms with Gasteiger partial charge in [-0.25, -0.2) is 0 Å². The summed E-state index contributed by atoms with van der Waals surface area (Å²) >= 11 is 0. The molecule has 10 rings (SSSR count). The maximum atomic E-state index is 8.98. The minimum Gasteiger partial charge on any atom is -0.309 e. The summed E-state index contributed by atoms with van der Waals surface area (Å²) in [4.78, 5) is 0. The van der Waals surface area contributed by atoms with Gasteiger partial charge in [-0.3, -0.25) is 0 Å². The lowest BCUT2D eigenvalue weighted by Gasteiger charge is -2.17. The highest BCUT2D eigenvalue weighted by molar-refractivity contribution is 6.13. The summed E-state index contributed by atoms with van der Waals surface area (Å²) in [6.45, 7) is 0. The van der Waals surface area contributed by atoms with Crippen LogP contribution in [-0.2, 0) is 0 Å². The molecule has 0 saturated heterocycles. The largest absolute Gasteiger partial charge is 0.309 e. The Morgan fingerprint density at radius 1 is 0.340 bits per heavy atom. The van der Waals surface area contributed by atoms with Crippen molar-refractivity contribution >= 4 is 43.6 Å². The molecule has 234 valence electrons. The number of nitrogens with zero attached hydrogens (tertiary/aromatic N) is 2. The second-order valence-corrected chi connectivity index (χ2v) is 12.2. The van der Waals surface area contributed by atoms with Gasteiger partial charge < -0.3 is 9.13 Å². The molecule has 10 aromatic rings. The first-order valence-corrected chi connectivity index (χ1v) is 16.4. The molecule has 0 aliphatic carbocycles. The van der Waals surface area contributed by atoms with Gasteiger partial charge in [-0.15, -0.1) is 0 Å². The van der Waals surface area contributed by atoms with Crippen LogP contribution in [0.2, 0.25) is 0 Å². The van der Waals surface area contributed by atoms with Crippen molar-refractivity contribution in [1.82, 2.24) is 9.13 Å². The van der Waals surface area contributed by atoms with Crippen LogP contribution in [0.5, 0.6) is 0 Å². The average molecular weight is 647 g/mol. The van der Waals surface area contributed by atoms with E-state index in [2.05, 4.69) is 63.7 Å². The molecule has 0 spiro atoms. The highest BCUT2D eigenvalue weighted by Crippen LogP contribution is 2.43. The number of aromatic nitrogens is 2. The third-order valence-corrected chi connectivity index (χ3v) is 9.49.